The maximum absolute atomic E-state index is 13.1. The number of hydrogen-bond acceptors (Lipinski definition) is 6. The molecule has 0 saturated heterocycles. The number of methoxy groups -OCH3 is 1. The second-order valence-electron chi connectivity index (χ2n) is 7.62. The van der Waals surface area contributed by atoms with E-state index in [9.17, 15) is 14.9 Å². The van der Waals surface area contributed by atoms with Crippen molar-refractivity contribution in [2.45, 2.75) is 34.1 Å². The normalized spacial score (nSPS) is 15.6. The first-order valence-corrected chi connectivity index (χ1v) is 10.4. The lowest BCUT2D eigenvalue weighted by Crippen LogP contribution is -2.43. The smallest absolute Gasteiger partial charge is 0.271 e. The van der Waals surface area contributed by atoms with Gasteiger partial charge in [0.2, 0.25) is 0 Å². The zero-order valence-electron chi connectivity index (χ0n) is 18.9. The van der Waals surface area contributed by atoms with Crippen LogP contribution >= 0.6 is 0 Å². The molecule has 0 aromatic heterocycles. The minimum Gasteiger partial charge on any atom is -0.490 e. The molecule has 0 radical (unpaired) electrons. The SMILES string of the molecule is CCOc1cc(/C=C2/C(=O)N(CCCOC)C(=O)C(C#N)=C2C)ccc1OCC(C)C. The maximum atomic E-state index is 13.1. The number of ether oxygens (including phenoxy) is 3. The first-order valence-electron chi connectivity index (χ1n) is 10.4. The van der Waals surface area contributed by atoms with Gasteiger partial charge >= 0.3 is 0 Å². The van der Waals surface area contributed by atoms with E-state index in [4.69, 9.17) is 14.2 Å². The minimum absolute atomic E-state index is 0.0230. The molecular weight excluding hydrogens is 396 g/mol. The predicted octanol–water partition coefficient (Wildman–Crippen LogP) is 3.75. The zero-order chi connectivity index (χ0) is 23.0. The lowest BCUT2D eigenvalue weighted by molar-refractivity contribution is -0.140. The Bertz CT molecular complexity index is 924. The molecule has 2 rings (SSSR count). The molecule has 1 aromatic carbocycles. The third-order valence-corrected chi connectivity index (χ3v) is 4.71. The molecule has 0 atom stereocenters. The van der Waals surface area contributed by atoms with Gasteiger partial charge in [-0.3, -0.25) is 14.5 Å². The summed E-state index contributed by atoms with van der Waals surface area (Å²) in [7, 11) is 1.56. The van der Waals surface area contributed by atoms with Gasteiger partial charge in [-0.05, 0) is 55.5 Å². The van der Waals surface area contributed by atoms with Gasteiger partial charge in [-0.2, -0.15) is 5.26 Å². The average Bonchev–Trinajstić information content (AvgIpc) is 2.73. The second-order valence-corrected chi connectivity index (χ2v) is 7.62. The summed E-state index contributed by atoms with van der Waals surface area (Å²) in [5.41, 5.74) is 1.38. The molecule has 0 bridgehead atoms. The summed E-state index contributed by atoms with van der Waals surface area (Å²) >= 11 is 0. The van der Waals surface area contributed by atoms with Crippen molar-refractivity contribution in [3.63, 3.8) is 0 Å². The molecule has 7 heteroatoms. The van der Waals surface area contributed by atoms with Gasteiger partial charge in [-0.25, -0.2) is 0 Å². The van der Waals surface area contributed by atoms with Gasteiger partial charge in [0, 0.05) is 25.8 Å². The summed E-state index contributed by atoms with van der Waals surface area (Å²) in [6, 6.07) is 7.37. The second kappa shape index (κ2) is 11.3. The highest BCUT2D eigenvalue weighted by Crippen LogP contribution is 2.32. The van der Waals surface area contributed by atoms with E-state index < -0.39 is 11.8 Å². The van der Waals surface area contributed by atoms with Crippen molar-refractivity contribution >= 4 is 17.9 Å². The van der Waals surface area contributed by atoms with E-state index >= 15 is 0 Å². The number of imide groups is 1. The monoisotopic (exact) mass is 426 g/mol. The van der Waals surface area contributed by atoms with Crippen LogP contribution in [0, 0.1) is 17.2 Å². The lowest BCUT2D eigenvalue weighted by atomic mass is 9.93. The highest BCUT2D eigenvalue weighted by Gasteiger charge is 2.35. The third-order valence-electron chi connectivity index (χ3n) is 4.71. The van der Waals surface area contributed by atoms with Crippen LogP contribution in [-0.4, -0.2) is 50.2 Å². The van der Waals surface area contributed by atoms with Crippen LogP contribution in [0.2, 0.25) is 0 Å². The van der Waals surface area contributed by atoms with E-state index in [1.807, 2.05) is 19.1 Å². The van der Waals surface area contributed by atoms with Crippen molar-refractivity contribution in [3.8, 4) is 17.6 Å². The summed E-state index contributed by atoms with van der Waals surface area (Å²) in [6.45, 7) is 9.27. The molecule has 7 nitrogen and oxygen atoms in total. The highest BCUT2D eigenvalue weighted by molar-refractivity contribution is 6.19. The largest absolute Gasteiger partial charge is 0.490 e. The van der Waals surface area contributed by atoms with Crippen LogP contribution in [0.4, 0.5) is 0 Å². The Morgan fingerprint density at radius 2 is 1.90 bits per heavy atom. The van der Waals surface area contributed by atoms with Crippen molar-refractivity contribution < 1.29 is 23.8 Å². The standard InChI is InChI=1S/C24H30N2O5/c1-6-30-22-13-18(8-9-21(22)31-15-16(2)3)12-19-17(4)20(14-25)24(28)26(23(19)27)10-7-11-29-5/h8-9,12-13,16H,6-7,10-11,15H2,1-5H3/b19-12+. The number of benzene rings is 1. The third kappa shape index (κ3) is 5.96. The van der Waals surface area contributed by atoms with Gasteiger partial charge in [-0.1, -0.05) is 19.9 Å². The van der Waals surface area contributed by atoms with Crippen molar-refractivity contribution in [3.05, 3.63) is 40.5 Å². The molecule has 166 valence electrons. The Morgan fingerprint density at radius 1 is 1.16 bits per heavy atom. The number of carbonyl (C=O) groups is 2. The Labute approximate surface area is 183 Å². The number of nitriles is 1. The van der Waals surface area contributed by atoms with Crippen LogP contribution in [0.3, 0.4) is 0 Å². The number of nitrogens with zero attached hydrogens (tertiary/aromatic N) is 2. The van der Waals surface area contributed by atoms with Crippen molar-refractivity contribution in [2.24, 2.45) is 5.92 Å². The van der Waals surface area contributed by atoms with Gasteiger partial charge in [0.25, 0.3) is 11.8 Å². The van der Waals surface area contributed by atoms with E-state index in [0.717, 1.165) is 4.90 Å². The summed E-state index contributed by atoms with van der Waals surface area (Å²) in [6.07, 6.45) is 2.18. The molecule has 1 aromatic rings. The fourth-order valence-electron chi connectivity index (χ4n) is 3.12. The minimum atomic E-state index is -0.564. The predicted molar refractivity (Wildman–Crippen MR) is 117 cm³/mol. The molecule has 0 spiro atoms. The summed E-state index contributed by atoms with van der Waals surface area (Å²) in [5.74, 6) is 0.598. The van der Waals surface area contributed by atoms with Gasteiger partial charge in [0.15, 0.2) is 11.5 Å². The number of rotatable bonds is 10. The molecule has 31 heavy (non-hydrogen) atoms. The molecule has 0 fully saturated rings. The average molecular weight is 427 g/mol. The van der Waals surface area contributed by atoms with Gasteiger partial charge < -0.3 is 14.2 Å². The first-order chi connectivity index (χ1) is 14.8. The highest BCUT2D eigenvalue weighted by atomic mass is 16.5. The molecule has 2 amide bonds. The Hall–Kier alpha value is -3.11. The van der Waals surface area contributed by atoms with Crippen LogP contribution < -0.4 is 9.47 Å². The molecule has 0 N–H and O–H groups in total. The van der Waals surface area contributed by atoms with E-state index in [1.54, 1.807) is 32.2 Å². The molecule has 0 unspecified atom stereocenters. The summed E-state index contributed by atoms with van der Waals surface area (Å²) < 4.78 is 16.6. The van der Waals surface area contributed by atoms with Crippen molar-refractivity contribution in [2.75, 3.05) is 33.5 Å². The molecule has 0 saturated carbocycles. The molecule has 1 heterocycles. The lowest BCUT2D eigenvalue weighted by Gasteiger charge is -2.27. The van der Waals surface area contributed by atoms with Crippen LogP contribution in [0.1, 0.15) is 39.7 Å². The van der Waals surface area contributed by atoms with Crippen LogP contribution in [0.15, 0.2) is 34.9 Å². The van der Waals surface area contributed by atoms with Gasteiger partial charge in [0.05, 0.1) is 13.2 Å². The van der Waals surface area contributed by atoms with Gasteiger partial charge in [0.1, 0.15) is 11.6 Å². The van der Waals surface area contributed by atoms with E-state index in [-0.39, 0.29) is 12.1 Å². The molecule has 1 aliphatic rings. The molecule has 0 aliphatic carbocycles. The quantitative estimate of drug-likeness (QED) is 0.322. The summed E-state index contributed by atoms with van der Waals surface area (Å²) in [4.78, 5) is 26.8. The number of amides is 2. The summed E-state index contributed by atoms with van der Waals surface area (Å²) in [5, 5.41) is 9.49. The fourth-order valence-corrected chi connectivity index (χ4v) is 3.12. The zero-order valence-corrected chi connectivity index (χ0v) is 18.9. The van der Waals surface area contributed by atoms with Crippen molar-refractivity contribution in [1.29, 1.82) is 5.26 Å². The van der Waals surface area contributed by atoms with E-state index in [1.165, 1.54) is 0 Å². The first kappa shape index (κ1) is 24.2. The van der Waals surface area contributed by atoms with E-state index in [0.29, 0.717) is 60.4 Å². The Kier molecular flexibility index (Phi) is 8.83. The maximum Gasteiger partial charge on any atom is 0.271 e. The molecule has 1 aliphatic heterocycles. The van der Waals surface area contributed by atoms with Crippen LogP contribution in [0.5, 0.6) is 11.5 Å². The Morgan fingerprint density at radius 3 is 2.52 bits per heavy atom. The van der Waals surface area contributed by atoms with Gasteiger partial charge in [-0.15, -0.1) is 0 Å². The molecular formula is C24H30N2O5. The fraction of sp³-hybridized carbons (Fsp3) is 0.458. The van der Waals surface area contributed by atoms with Crippen molar-refractivity contribution in [1.82, 2.24) is 4.90 Å². The van der Waals surface area contributed by atoms with E-state index in [2.05, 4.69) is 13.8 Å². The Balaban J connectivity index is 2.44. The number of hydrogen-bond donors (Lipinski definition) is 0. The topological polar surface area (TPSA) is 88.9 Å². The van der Waals surface area contributed by atoms with Crippen LogP contribution in [0.25, 0.3) is 6.08 Å². The number of carbonyl (C=O) groups excluding carboxylic acids is 2. The van der Waals surface area contributed by atoms with Crippen LogP contribution in [-0.2, 0) is 14.3 Å².